The zero-order chi connectivity index (χ0) is 37.5. The van der Waals surface area contributed by atoms with Crippen molar-refractivity contribution in [3.05, 3.63) is 77.6 Å². The van der Waals surface area contributed by atoms with Crippen LogP contribution in [0.25, 0.3) is 0 Å². The van der Waals surface area contributed by atoms with Gasteiger partial charge in [0.05, 0.1) is 11.4 Å². The largest absolute Gasteiger partial charge is 0.344 e. The number of amides is 4. The first kappa shape index (κ1) is 38.4. The van der Waals surface area contributed by atoms with Crippen LogP contribution in [0.4, 0.5) is 10.1 Å². The Bertz CT molecular complexity index is 1760. The summed E-state index contributed by atoms with van der Waals surface area (Å²) in [7, 11) is 0. The van der Waals surface area contributed by atoms with Crippen LogP contribution in [0.3, 0.4) is 0 Å². The summed E-state index contributed by atoms with van der Waals surface area (Å²) in [6.07, 6.45) is 9.48. The van der Waals surface area contributed by atoms with Gasteiger partial charge in [-0.3, -0.25) is 33.7 Å². The molecule has 1 unspecified atom stereocenters. The Hall–Kier alpha value is -4.30. The number of nitrogens with one attached hydrogen (secondary N) is 3. The first-order valence-corrected chi connectivity index (χ1v) is 19.8. The van der Waals surface area contributed by atoms with E-state index < -0.39 is 27.9 Å². The fourth-order valence-corrected chi connectivity index (χ4v) is 9.13. The van der Waals surface area contributed by atoms with Crippen LogP contribution in [-0.2, 0) is 27.5 Å². The standard InChI is InChI=1S/C39H51FN8O4S/c1-4-33(49)44-34(36(51)47-22-20-46(21-23-47)25-29-14-10-11-18-41-29)26(3)27-15-16-31(30(40)24-27)43-37(52)39(28-12-8-6-7-9-13-28)38(53-39)45-35(50)32-17-19-42-48(32)5-2/h10-11,14-19,24,26,28,34,38H,4-9,12-13,20-23,25H2,1-3H3,(H,43,52)(H,44,49)(H,45,50)/t26-,34+,38?,39-/m0/s1. The molecular formula is C39H51FN8O4S. The van der Waals surface area contributed by atoms with E-state index in [1.165, 1.54) is 23.9 Å². The minimum absolute atomic E-state index is 0.0320. The molecule has 2 aromatic heterocycles. The topological polar surface area (TPSA) is 142 Å². The van der Waals surface area contributed by atoms with E-state index in [-0.39, 0.29) is 41.7 Å². The molecule has 3 N–H and O–H groups in total. The highest BCUT2D eigenvalue weighted by atomic mass is 32.2. The monoisotopic (exact) mass is 746 g/mol. The fraction of sp³-hybridized carbons (Fsp3) is 0.538. The van der Waals surface area contributed by atoms with Crippen LogP contribution < -0.4 is 16.0 Å². The molecule has 1 saturated carbocycles. The van der Waals surface area contributed by atoms with Gasteiger partial charge in [-0.05, 0) is 61.6 Å². The maximum Gasteiger partial charge on any atom is 0.270 e. The third kappa shape index (κ3) is 8.75. The summed E-state index contributed by atoms with van der Waals surface area (Å²) in [5.41, 5.74) is 1.96. The zero-order valence-corrected chi connectivity index (χ0v) is 31.7. The van der Waals surface area contributed by atoms with Gasteiger partial charge in [-0.2, -0.15) is 5.10 Å². The molecule has 4 amide bonds. The number of hydrogen-bond donors (Lipinski definition) is 3. The number of hydrogen-bond acceptors (Lipinski definition) is 8. The van der Waals surface area contributed by atoms with Crippen LogP contribution in [0.15, 0.2) is 54.9 Å². The predicted octanol–water partition coefficient (Wildman–Crippen LogP) is 4.93. The predicted molar refractivity (Wildman–Crippen MR) is 202 cm³/mol. The molecule has 14 heteroatoms. The average Bonchev–Trinajstić information content (AvgIpc) is 3.79. The lowest BCUT2D eigenvalue weighted by Gasteiger charge is -2.37. The molecule has 3 aliphatic rings. The molecule has 4 atom stereocenters. The second kappa shape index (κ2) is 17.2. The zero-order valence-electron chi connectivity index (χ0n) is 30.9. The van der Waals surface area contributed by atoms with E-state index in [1.54, 1.807) is 41.0 Å². The molecule has 0 bridgehead atoms. The Kier molecular flexibility index (Phi) is 12.5. The van der Waals surface area contributed by atoms with E-state index in [9.17, 15) is 19.2 Å². The normalized spacial score (nSPS) is 22.0. The van der Waals surface area contributed by atoms with E-state index >= 15 is 4.39 Å². The summed E-state index contributed by atoms with van der Waals surface area (Å²) < 4.78 is 16.6. The highest BCUT2D eigenvalue weighted by Crippen LogP contribution is 2.60. The first-order chi connectivity index (χ1) is 25.6. The first-order valence-electron chi connectivity index (χ1n) is 19.0. The molecule has 4 heterocycles. The van der Waals surface area contributed by atoms with Gasteiger partial charge in [-0.15, -0.1) is 11.8 Å². The van der Waals surface area contributed by atoms with Gasteiger partial charge in [-0.1, -0.05) is 51.7 Å². The van der Waals surface area contributed by atoms with E-state index in [0.29, 0.717) is 50.5 Å². The maximum atomic E-state index is 15.9. The van der Waals surface area contributed by atoms with Gasteiger partial charge in [0.25, 0.3) is 5.91 Å². The number of piperazine rings is 1. The highest BCUT2D eigenvalue weighted by Gasteiger charge is 2.66. The van der Waals surface area contributed by atoms with Gasteiger partial charge < -0.3 is 20.9 Å². The molecular weight excluding hydrogens is 696 g/mol. The number of carbonyl (C=O) groups excluding carboxylic acids is 4. The van der Waals surface area contributed by atoms with E-state index in [4.69, 9.17) is 0 Å². The Labute approximate surface area is 315 Å². The summed E-state index contributed by atoms with van der Waals surface area (Å²) in [6, 6.07) is 11.2. The Morgan fingerprint density at radius 2 is 1.74 bits per heavy atom. The van der Waals surface area contributed by atoms with Crippen molar-refractivity contribution in [2.24, 2.45) is 5.92 Å². The van der Waals surface area contributed by atoms with Crippen molar-refractivity contribution in [1.29, 1.82) is 0 Å². The number of aryl methyl sites for hydroxylation is 1. The van der Waals surface area contributed by atoms with E-state index in [1.807, 2.05) is 32.0 Å². The van der Waals surface area contributed by atoms with Gasteiger partial charge in [-0.25, -0.2) is 4.39 Å². The molecule has 3 aromatic rings. The van der Waals surface area contributed by atoms with Crippen molar-refractivity contribution in [2.75, 3.05) is 31.5 Å². The molecule has 284 valence electrons. The number of carbonyl (C=O) groups is 4. The second-order valence-corrected chi connectivity index (χ2v) is 15.7. The van der Waals surface area contributed by atoms with Gasteiger partial charge in [0, 0.05) is 64.0 Å². The lowest BCUT2D eigenvalue weighted by atomic mass is 9.84. The van der Waals surface area contributed by atoms with Crippen LogP contribution in [0.1, 0.15) is 93.4 Å². The SMILES string of the molecule is CCC(=O)N[C@@H](C(=O)N1CCN(Cc2ccccn2)CC1)[C@@H](C)c1ccc(NC(=O)[C@]2(C3CCCCCC3)SC2NC(=O)c2ccnn2CC)c(F)c1. The Morgan fingerprint density at radius 1 is 0.981 bits per heavy atom. The van der Waals surface area contributed by atoms with Crippen molar-refractivity contribution in [3.63, 3.8) is 0 Å². The lowest BCUT2D eigenvalue weighted by Crippen LogP contribution is -2.56. The maximum absolute atomic E-state index is 15.9. The number of pyridine rings is 1. The molecule has 2 aliphatic heterocycles. The van der Waals surface area contributed by atoms with Crippen LogP contribution in [0, 0.1) is 11.7 Å². The molecule has 0 spiro atoms. The minimum Gasteiger partial charge on any atom is -0.344 e. The van der Waals surface area contributed by atoms with Crippen LogP contribution >= 0.6 is 11.8 Å². The third-order valence-electron chi connectivity index (χ3n) is 10.9. The number of anilines is 1. The van der Waals surface area contributed by atoms with Crippen LogP contribution in [-0.4, -0.2) is 90.5 Å². The second-order valence-electron chi connectivity index (χ2n) is 14.3. The highest BCUT2D eigenvalue weighted by molar-refractivity contribution is 8.09. The molecule has 1 aromatic carbocycles. The van der Waals surface area contributed by atoms with Crippen molar-refractivity contribution in [2.45, 2.75) is 101 Å². The molecule has 1 aliphatic carbocycles. The summed E-state index contributed by atoms with van der Waals surface area (Å²) >= 11 is 1.42. The van der Waals surface area contributed by atoms with Gasteiger partial charge in [0.1, 0.15) is 27.7 Å². The Balaban J connectivity index is 1.14. The van der Waals surface area contributed by atoms with Gasteiger partial charge in [0.15, 0.2) is 0 Å². The average molecular weight is 747 g/mol. The lowest BCUT2D eigenvalue weighted by molar-refractivity contribution is -0.138. The Morgan fingerprint density at radius 3 is 2.40 bits per heavy atom. The number of halogens is 1. The van der Waals surface area contributed by atoms with Crippen LogP contribution in [0.5, 0.6) is 0 Å². The summed E-state index contributed by atoms with van der Waals surface area (Å²) in [5.74, 6) is -2.23. The molecule has 2 saturated heterocycles. The van der Waals surface area contributed by atoms with Gasteiger partial charge in [0.2, 0.25) is 17.7 Å². The van der Waals surface area contributed by atoms with Crippen molar-refractivity contribution in [1.82, 2.24) is 35.2 Å². The summed E-state index contributed by atoms with van der Waals surface area (Å²) in [4.78, 5) is 62.4. The molecule has 6 rings (SSSR count). The number of nitrogens with zero attached hydrogens (tertiary/aromatic N) is 5. The minimum atomic E-state index is -0.918. The number of benzene rings is 1. The van der Waals surface area contributed by atoms with Gasteiger partial charge >= 0.3 is 0 Å². The third-order valence-corrected chi connectivity index (χ3v) is 12.6. The van der Waals surface area contributed by atoms with Crippen molar-refractivity contribution < 1.29 is 23.6 Å². The number of aromatic nitrogens is 3. The molecule has 12 nitrogen and oxygen atoms in total. The molecule has 3 fully saturated rings. The molecule has 53 heavy (non-hydrogen) atoms. The van der Waals surface area contributed by atoms with Crippen LogP contribution in [0.2, 0.25) is 0 Å². The van der Waals surface area contributed by atoms with E-state index in [2.05, 4.69) is 30.9 Å². The quantitative estimate of drug-likeness (QED) is 0.165. The fourth-order valence-electron chi connectivity index (χ4n) is 7.69. The van der Waals surface area contributed by atoms with E-state index in [0.717, 1.165) is 44.2 Å². The van der Waals surface area contributed by atoms with Crippen molar-refractivity contribution in [3.8, 4) is 0 Å². The summed E-state index contributed by atoms with van der Waals surface area (Å²) in [5, 5.41) is 12.6. The number of rotatable bonds is 13. The summed E-state index contributed by atoms with van der Waals surface area (Å²) in [6.45, 7) is 9.02. The number of thioether (sulfide) groups is 1. The van der Waals surface area contributed by atoms with Crippen molar-refractivity contribution >= 4 is 41.1 Å². The smallest absolute Gasteiger partial charge is 0.270 e. The molecule has 0 radical (unpaired) electrons.